The van der Waals surface area contributed by atoms with Crippen LogP contribution < -0.4 is 5.32 Å². The lowest BCUT2D eigenvalue weighted by Crippen LogP contribution is -2.36. The van der Waals surface area contributed by atoms with E-state index < -0.39 is 0 Å². The molecule has 15 heavy (non-hydrogen) atoms. The van der Waals surface area contributed by atoms with E-state index in [1.807, 2.05) is 13.2 Å². The molecular weight excluding hydrogens is 212 g/mol. The molecule has 1 aromatic rings. The van der Waals surface area contributed by atoms with Gasteiger partial charge in [-0.25, -0.2) is 4.98 Å². The van der Waals surface area contributed by atoms with Crippen molar-refractivity contribution >= 4 is 17.7 Å². The SMILES string of the molecule is CCC(CSC)NC(=O)c1n[nH]c(C)n1. The van der Waals surface area contributed by atoms with E-state index in [9.17, 15) is 4.79 Å². The zero-order valence-corrected chi connectivity index (χ0v) is 10.0. The van der Waals surface area contributed by atoms with E-state index >= 15 is 0 Å². The summed E-state index contributed by atoms with van der Waals surface area (Å²) in [7, 11) is 0. The molecule has 0 aliphatic rings. The van der Waals surface area contributed by atoms with Crippen molar-refractivity contribution in [2.24, 2.45) is 0 Å². The quantitative estimate of drug-likeness (QED) is 0.788. The van der Waals surface area contributed by atoms with Crippen LogP contribution in [-0.2, 0) is 0 Å². The average Bonchev–Trinajstić information content (AvgIpc) is 2.64. The number of carbonyl (C=O) groups excluding carboxylic acids is 1. The third-order valence-corrected chi connectivity index (χ3v) is 2.73. The third-order valence-electron chi connectivity index (χ3n) is 2.00. The predicted molar refractivity (Wildman–Crippen MR) is 61.0 cm³/mol. The maximum Gasteiger partial charge on any atom is 0.291 e. The zero-order chi connectivity index (χ0) is 11.3. The molecule has 1 heterocycles. The Morgan fingerprint density at radius 2 is 2.40 bits per heavy atom. The highest BCUT2D eigenvalue weighted by atomic mass is 32.2. The van der Waals surface area contributed by atoms with Crippen LogP contribution in [-0.4, -0.2) is 39.1 Å². The van der Waals surface area contributed by atoms with E-state index in [1.54, 1.807) is 18.7 Å². The number of hydrogen-bond donors (Lipinski definition) is 2. The van der Waals surface area contributed by atoms with Gasteiger partial charge in [0.25, 0.3) is 5.91 Å². The van der Waals surface area contributed by atoms with Crippen LogP contribution >= 0.6 is 11.8 Å². The Labute approximate surface area is 93.4 Å². The van der Waals surface area contributed by atoms with Crippen LogP contribution in [0, 0.1) is 6.92 Å². The van der Waals surface area contributed by atoms with Gasteiger partial charge in [-0.1, -0.05) is 6.92 Å². The first-order valence-electron chi connectivity index (χ1n) is 4.86. The number of nitrogens with one attached hydrogen (secondary N) is 2. The maximum atomic E-state index is 11.6. The van der Waals surface area contributed by atoms with Gasteiger partial charge in [0.1, 0.15) is 5.82 Å². The summed E-state index contributed by atoms with van der Waals surface area (Å²) in [6.45, 7) is 3.81. The smallest absolute Gasteiger partial charge is 0.291 e. The largest absolute Gasteiger partial charge is 0.346 e. The number of aryl methyl sites for hydroxylation is 1. The second-order valence-corrected chi connectivity index (χ2v) is 4.19. The molecule has 0 spiro atoms. The summed E-state index contributed by atoms with van der Waals surface area (Å²) in [5.41, 5.74) is 0. The lowest BCUT2D eigenvalue weighted by Gasteiger charge is -2.13. The molecule has 1 unspecified atom stereocenters. The van der Waals surface area contributed by atoms with E-state index in [0.29, 0.717) is 5.82 Å². The van der Waals surface area contributed by atoms with Gasteiger partial charge in [0, 0.05) is 11.8 Å². The molecule has 0 radical (unpaired) electrons. The van der Waals surface area contributed by atoms with E-state index in [-0.39, 0.29) is 17.8 Å². The number of thioether (sulfide) groups is 1. The molecule has 2 N–H and O–H groups in total. The molecule has 84 valence electrons. The van der Waals surface area contributed by atoms with Crippen LogP contribution in [0.4, 0.5) is 0 Å². The molecule has 1 aromatic heterocycles. The van der Waals surface area contributed by atoms with Crippen LogP contribution in [0.15, 0.2) is 0 Å². The molecule has 1 atom stereocenters. The first kappa shape index (κ1) is 12.0. The van der Waals surface area contributed by atoms with Crippen molar-refractivity contribution in [3.05, 3.63) is 11.6 Å². The first-order valence-corrected chi connectivity index (χ1v) is 6.25. The Kier molecular flexibility index (Phi) is 4.61. The Balaban J connectivity index is 2.54. The predicted octanol–water partition coefficient (Wildman–Crippen LogP) is 0.985. The molecule has 0 aliphatic carbocycles. The van der Waals surface area contributed by atoms with Crippen molar-refractivity contribution in [3.8, 4) is 0 Å². The maximum absolute atomic E-state index is 11.6. The summed E-state index contributed by atoms with van der Waals surface area (Å²) >= 11 is 1.71. The Bertz CT molecular complexity index is 326. The van der Waals surface area contributed by atoms with Gasteiger partial charge in [0.2, 0.25) is 5.82 Å². The fourth-order valence-electron chi connectivity index (χ4n) is 1.16. The number of carbonyl (C=O) groups is 1. The van der Waals surface area contributed by atoms with Crippen LogP contribution in [0.5, 0.6) is 0 Å². The van der Waals surface area contributed by atoms with Crippen molar-refractivity contribution in [1.29, 1.82) is 0 Å². The minimum atomic E-state index is -0.208. The highest BCUT2D eigenvalue weighted by molar-refractivity contribution is 7.98. The van der Waals surface area contributed by atoms with Crippen LogP contribution in [0.3, 0.4) is 0 Å². The Hall–Kier alpha value is -1.04. The Morgan fingerprint density at radius 1 is 1.67 bits per heavy atom. The minimum absolute atomic E-state index is 0.186. The first-order chi connectivity index (χ1) is 7.17. The van der Waals surface area contributed by atoms with Gasteiger partial charge in [0.15, 0.2) is 0 Å². The summed E-state index contributed by atoms with van der Waals surface area (Å²) in [6, 6.07) is 0.186. The van der Waals surface area contributed by atoms with E-state index in [1.165, 1.54) is 0 Å². The molecular formula is C9H16N4OS. The number of H-pyrrole nitrogens is 1. The second-order valence-electron chi connectivity index (χ2n) is 3.28. The van der Waals surface area contributed by atoms with Crippen LogP contribution in [0.25, 0.3) is 0 Å². The van der Waals surface area contributed by atoms with Gasteiger partial charge < -0.3 is 5.32 Å². The van der Waals surface area contributed by atoms with Gasteiger partial charge >= 0.3 is 0 Å². The third kappa shape index (κ3) is 3.54. The van der Waals surface area contributed by atoms with Crippen molar-refractivity contribution < 1.29 is 4.79 Å². The van der Waals surface area contributed by atoms with Gasteiger partial charge in [-0.2, -0.15) is 11.8 Å². The Morgan fingerprint density at radius 3 is 2.87 bits per heavy atom. The summed E-state index contributed by atoms with van der Waals surface area (Å²) < 4.78 is 0. The number of aromatic amines is 1. The molecule has 0 fully saturated rings. The minimum Gasteiger partial charge on any atom is -0.346 e. The lowest BCUT2D eigenvalue weighted by atomic mass is 10.2. The molecule has 1 amide bonds. The molecule has 6 heteroatoms. The van der Waals surface area contributed by atoms with E-state index in [2.05, 4.69) is 20.5 Å². The van der Waals surface area contributed by atoms with Crippen LogP contribution in [0.1, 0.15) is 29.8 Å². The topological polar surface area (TPSA) is 70.7 Å². The van der Waals surface area contributed by atoms with Crippen LogP contribution in [0.2, 0.25) is 0 Å². The second kappa shape index (κ2) is 5.75. The van der Waals surface area contributed by atoms with Crippen molar-refractivity contribution in [1.82, 2.24) is 20.5 Å². The fraction of sp³-hybridized carbons (Fsp3) is 0.667. The number of hydrogen-bond acceptors (Lipinski definition) is 4. The van der Waals surface area contributed by atoms with Crippen molar-refractivity contribution in [2.45, 2.75) is 26.3 Å². The van der Waals surface area contributed by atoms with Gasteiger partial charge in [-0.15, -0.1) is 5.10 Å². The fourth-order valence-corrected chi connectivity index (χ4v) is 1.88. The molecule has 0 saturated heterocycles. The summed E-state index contributed by atoms with van der Waals surface area (Å²) in [4.78, 5) is 15.6. The summed E-state index contributed by atoms with van der Waals surface area (Å²) in [6.07, 6.45) is 2.93. The monoisotopic (exact) mass is 228 g/mol. The summed E-state index contributed by atoms with van der Waals surface area (Å²) in [5.74, 6) is 1.57. The van der Waals surface area contributed by atoms with Gasteiger partial charge in [0.05, 0.1) is 0 Å². The molecule has 5 nitrogen and oxygen atoms in total. The van der Waals surface area contributed by atoms with Gasteiger partial charge in [-0.05, 0) is 19.6 Å². The average molecular weight is 228 g/mol. The molecule has 0 aromatic carbocycles. The highest BCUT2D eigenvalue weighted by Crippen LogP contribution is 2.02. The zero-order valence-electron chi connectivity index (χ0n) is 9.20. The molecule has 0 aliphatic heterocycles. The highest BCUT2D eigenvalue weighted by Gasteiger charge is 2.14. The van der Waals surface area contributed by atoms with E-state index in [0.717, 1.165) is 12.2 Å². The number of rotatable bonds is 5. The summed E-state index contributed by atoms with van der Waals surface area (Å²) in [5, 5.41) is 9.35. The normalized spacial score (nSPS) is 12.5. The van der Waals surface area contributed by atoms with Gasteiger partial charge in [-0.3, -0.25) is 9.89 Å². The molecule has 0 bridgehead atoms. The lowest BCUT2D eigenvalue weighted by molar-refractivity contribution is 0.0930. The van der Waals surface area contributed by atoms with Crippen molar-refractivity contribution in [3.63, 3.8) is 0 Å². The van der Waals surface area contributed by atoms with Crippen molar-refractivity contribution in [2.75, 3.05) is 12.0 Å². The number of nitrogens with zero attached hydrogens (tertiary/aromatic N) is 2. The standard InChI is InChI=1S/C9H16N4OS/c1-4-7(5-15-3)11-9(14)8-10-6(2)12-13-8/h7H,4-5H2,1-3H3,(H,11,14)(H,10,12,13). The number of amides is 1. The number of aromatic nitrogens is 3. The molecule has 0 saturated carbocycles. The van der Waals surface area contributed by atoms with E-state index in [4.69, 9.17) is 0 Å². The molecule has 1 rings (SSSR count).